The highest BCUT2D eigenvalue weighted by atomic mass is 16.1. The van der Waals surface area contributed by atoms with Crippen molar-refractivity contribution in [3.63, 3.8) is 0 Å². The second-order valence-electron chi connectivity index (χ2n) is 5.60. The number of aryl methyl sites for hydroxylation is 1. The number of carbonyl (C=O) groups is 1. The van der Waals surface area contributed by atoms with Gasteiger partial charge in [-0.1, -0.05) is 37.5 Å². The fourth-order valence-corrected chi connectivity index (χ4v) is 3.27. The fraction of sp³-hybridized carbons (Fsp3) is 0.533. The van der Waals surface area contributed by atoms with Crippen LogP contribution in [-0.2, 0) is 16.8 Å². The lowest BCUT2D eigenvalue weighted by molar-refractivity contribution is -0.116. The average molecular weight is 244 g/mol. The van der Waals surface area contributed by atoms with Crippen LogP contribution in [0.3, 0.4) is 0 Å². The lowest BCUT2D eigenvalue weighted by Crippen LogP contribution is -2.40. The normalized spacial score (nSPS) is 22.2. The van der Waals surface area contributed by atoms with Gasteiger partial charge in [-0.05, 0) is 30.4 Å². The molecule has 0 radical (unpaired) electrons. The van der Waals surface area contributed by atoms with Crippen molar-refractivity contribution in [3.8, 4) is 0 Å². The molecule has 1 aromatic carbocycles. The molecule has 1 aromatic rings. The molecule has 1 aliphatic heterocycles. The smallest absolute Gasteiger partial charge is 0.224 e. The van der Waals surface area contributed by atoms with E-state index in [0.717, 1.165) is 30.5 Å². The van der Waals surface area contributed by atoms with Crippen LogP contribution in [-0.4, -0.2) is 5.91 Å². The first-order chi connectivity index (χ1) is 8.69. The molecule has 0 saturated heterocycles. The fourth-order valence-electron chi connectivity index (χ4n) is 3.27. The van der Waals surface area contributed by atoms with Crippen molar-refractivity contribution in [2.75, 3.05) is 5.32 Å². The van der Waals surface area contributed by atoms with E-state index in [-0.39, 0.29) is 11.4 Å². The van der Waals surface area contributed by atoms with Gasteiger partial charge in [0, 0.05) is 17.6 Å². The second kappa shape index (κ2) is 4.39. The summed E-state index contributed by atoms with van der Waals surface area (Å²) in [4.78, 5) is 11.6. The number of hydrogen-bond donors (Lipinski definition) is 2. The number of nitrogens with one attached hydrogen (secondary N) is 1. The Morgan fingerprint density at radius 2 is 1.89 bits per heavy atom. The summed E-state index contributed by atoms with van der Waals surface area (Å²) in [6.45, 7) is 0. The van der Waals surface area contributed by atoms with Crippen molar-refractivity contribution < 1.29 is 4.79 Å². The molecule has 1 amide bonds. The predicted octanol–water partition coefficient (Wildman–Crippen LogP) is 2.69. The summed E-state index contributed by atoms with van der Waals surface area (Å²) in [5.74, 6) is 0.120. The van der Waals surface area contributed by atoms with Crippen LogP contribution in [0.4, 0.5) is 5.69 Å². The molecule has 0 spiro atoms. The zero-order valence-corrected chi connectivity index (χ0v) is 10.7. The Morgan fingerprint density at radius 1 is 1.11 bits per heavy atom. The minimum Gasteiger partial charge on any atom is -0.326 e. The summed E-state index contributed by atoms with van der Waals surface area (Å²) in [6, 6.07) is 6.27. The van der Waals surface area contributed by atoms with Gasteiger partial charge in [-0.25, -0.2) is 0 Å². The van der Waals surface area contributed by atoms with Crippen molar-refractivity contribution in [1.29, 1.82) is 0 Å². The molecule has 1 aliphatic carbocycles. The maximum Gasteiger partial charge on any atom is 0.224 e. The number of hydrogen-bond acceptors (Lipinski definition) is 2. The number of carbonyl (C=O) groups excluding carboxylic acids is 1. The van der Waals surface area contributed by atoms with Gasteiger partial charge in [0.25, 0.3) is 0 Å². The topological polar surface area (TPSA) is 55.1 Å². The summed E-state index contributed by atoms with van der Waals surface area (Å²) in [5.41, 5.74) is 9.74. The van der Waals surface area contributed by atoms with Gasteiger partial charge in [-0.15, -0.1) is 0 Å². The van der Waals surface area contributed by atoms with E-state index in [1.54, 1.807) is 0 Å². The number of nitrogens with two attached hydrogens (primary N) is 1. The number of benzene rings is 1. The standard InChI is InChI=1S/C15H20N2O/c16-15(9-2-1-3-10-15)12-6-4-5-11-7-8-13(18)17-14(11)12/h4-6H,1-3,7-10,16H2,(H,17,18). The minimum absolute atomic E-state index is 0.120. The van der Waals surface area contributed by atoms with Gasteiger partial charge in [0.1, 0.15) is 0 Å². The van der Waals surface area contributed by atoms with Crippen LogP contribution < -0.4 is 11.1 Å². The lowest BCUT2D eigenvalue weighted by atomic mass is 9.75. The van der Waals surface area contributed by atoms with Crippen LogP contribution in [0.25, 0.3) is 0 Å². The van der Waals surface area contributed by atoms with E-state index >= 15 is 0 Å². The van der Waals surface area contributed by atoms with E-state index in [1.807, 2.05) is 0 Å². The predicted molar refractivity (Wildman–Crippen MR) is 72.3 cm³/mol. The maximum absolute atomic E-state index is 11.6. The number of fused-ring (bicyclic) bond motifs is 1. The van der Waals surface area contributed by atoms with Crippen LogP contribution in [0.2, 0.25) is 0 Å². The van der Waals surface area contributed by atoms with Crippen LogP contribution in [0.5, 0.6) is 0 Å². The van der Waals surface area contributed by atoms with Gasteiger partial charge in [-0.2, -0.15) is 0 Å². The van der Waals surface area contributed by atoms with Crippen molar-refractivity contribution in [3.05, 3.63) is 29.3 Å². The first-order valence-electron chi connectivity index (χ1n) is 6.90. The average Bonchev–Trinajstić information content (AvgIpc) is 2.38. The summed E-state index contributed by atoms with van der Waals surface area (Å²) in [6.07, 6.45) is 7.14. The van der Waals surface area contributed by atoms with Crippen LogP contribution in [0.15, 0.2) is 18.2 Å². The van der Waals surface area contributed by atoms with Crippen LogP contribution in [0, 0.1) is 0 Å². The quantitative estimate of drug-likeness (QED) is 0.798. The third-order valence-corrected chi connectivity index (χ3v) is 4.32. The van der Waals surface area contributed by atoms with Crippen molar-refractivity contribution in [2.24, 2.45) is 5.73 Å². The molecule has 3 rings (SSSR count). The Balaban J connectivity index is 2.04. The molecule has 96 valence electrons. The summed E-state index contributed by atoms with van der Waals surface area (Å²) in [5, 5.41) is 3.03. The molecule has 1 fully saturated rings. The van der Waals surface area contributed by atoms with E-state index in [0.29, 0.717) is 6.42 Å². The highest BCUT2D eigenvalue weighted by Gasteiger charge is 2.33. The van der Waals surface area contributed by atoms with Crippen molar-refractivity contribution in [1.82, 2.24) is 0 Å². The van der Waals surface area contributed by atoms with Gasteiger partial charge in [0.2, 0.25) is 5.91 Å². The van der Waals surface area contributed by atoms with Crippen LogP contribution in [0.1, 0.15) is 49.7 Å². The molecule has 0 bridgehead atoms. The molecule has 0 unspecified atom stereocenters. The van der Waals surface area contributed by atoms with E-state index in [4.69, 9.17) is 5.73 Å². The number of anilines is 1. The van der Waals surface area contributed by atoms with Crippen molar-refractivity contribution >= 4 is 11.6 Å². The largest absolute Gasteiger partial charge is 0.326 e. The third-order valence-electron chi connectivity index (χ3n) is 4.32. The van der Waals surface area contributed by atoms with E-state index in [9.17, 15) is 4.79 Å². The Bertz CT molecular complexity index is 475. The minimum atomic E-state index is -0.242. The SMILES string of the molecule is NC1(c2cccc3c2NC(=O)CC3)CCCCC1. The van der Waals surface area contributed by atoms with Crippen LogP contribution >= 0.6 is 0 Å². The Morgan fingerprint density at radius 3 is 2.67 bits per heavy atom. The molecule has 3 N–H and O–H groups in total. The maximum atomic E-state index is 11.6. The molecule has 18 heavy (non-hydrogen) atoms. The van der Waals surface area contributed by atoms with Gasteiger partial charge in [0.05, 0.1) is 0 Å². The molecule has 3 nitrogen and oxygen atoms in total. The highest BCUT2D eigenvalue weighted by Crippen LogP contribution is 2.40. The molecular weight excluding hydrogens is 224 g/mol. The number of para-hydroxylation sites is 1. The summed E-state index contributed by atoms with van der Waals surface area (Å²) in [7, 11) is 0. The molecule has 0 atom stereocenters. The Hall–Kier alpha value is -1.35. The first-order valence-corrected chi connectivity index (χ1v) is 6.90. The highest BCUT2D eigenvalue weighted by molar-refractivity contribution is 5.95. The first kappa shape index (κ1) is 11.7. The van der Waals surface area contributed by atoms with E-state index in [1.165, 1.54) is 24.8 Å². The van der Waals surface area contributed by atoms with Gasteiger partial charge in [0.15, 0.2) is 0 Å². The lowest BCUT2D eigenvalue weighted by Gasteiger charge is -2.36. The third kappa shape index (κ3) is 1.93. The zero-order valence-electron chi connectivity index (χ0n) is 10.7. The molecule has 3 heteroatoms. The molecule has 2 aliphatic rings. The molecule has 0 aromatic heterocycles. The Labute approximate surface area is 108 Å². The zero-order chi connectivity index (χ0) is 12.6. The Kier molecular flexibility index (Phi) is 2.86. The van der Waals surface area contributed by atoms with E-state index in [2.05, 4.69) is 23.5 Å². The summed E-state index contributed by atoms with van der Waals surface area (Å²) < 4.78 is 0. The second-order valence-corrected chi connectivity index (χ2v) is 5.60. The van der Waals surface area contributed by atoms with Gasteiger partial charge < -0.3 is 11.1 Å². The molecule has 1 heterocycles. The van der Waals surface area contributed by atoms with Gasteiger partial charge >= 0.3 is 0 Å². The monoisotopic (exact) mass is 244 g/mol. The number of amides is 1. The number of rotatable bonds is 1. The van der Waals surface area contributed by atoms with E-state index < -0.39 is 0 Å². The molecular formula is C15H20N2O. The molecule has 1 saturated carbocycles. The summed E-state index contributed by atoms with van der Waals surface area (Å²) >= 11 is 0. The van der Waals surface area contributed by atoms with Crippen molar-refractivity contribution in [2.45, 2.75) is 50.5 Å². The van der Waals surface area contributed by atoms with Gasteiger partial charge in [-0.3, -0.25) is 4.79 Å².